The third-order valence-electron chi connectivity index (χ3n) is 1.40. The van der Waals surface area contributed by atoms with Gasteiger partial charge in [0.15, 0.2) is 0 Å². The normalized spacial score (nSPS) is 11.9. The predicted molar refractivity (Wildman–Crippen MR) is 46.2 cm³/mol. The van der Waals surface area contributed by atoms with Gasteiger partial charge in [0.25, 0.3) is 6.43 Å². The third-order valence-corrected chi connectivity index (χ3v) is 1.40. The zero-order chi connectivity index (χ0) is 12.7. The smallest absolute Gasteiger partial charge is 0.326 e. The SMILES string of the molecule is O=C(O)C[C@@H](NC(=O)NCC(F)F)C(=O)O. The lowest BCUT2D eigenvalue weighted by Gasteiger charge is -2.12. The highest BCUT2D eigenvalue weighted by molar-refractivity contribution is 5.86. The van der Waals surface area contributed by atoms with Crippen LogP contribution in [0.25, 0.3) is 0 Å². The van der Waals surface area contributed by atoms with Crippen molar-refractivity contribution in [1.82, 2.24) is 10.6 Å². The monoisotopic (exact) mass is 240 g/mol. The first-order valence-electron chi connectivity index (χ1n) is 4.10. The molecular weight excluding hydrogens is 230 g/mol. The molecule has 1 atom stereocenters. The van der Waals surface area contributed by atoms with Crippen LogP contribution < -0.4 is 10.6 Å². The molecule has 0 radical (unpaired) electrons. The number of urea groups is 1. The number of hydrogen-bond acceptors (Lipinski definition) is 3. The van der Waals surface area contributed by atoms with Crippen molar-refractivity contribution in [3.8, 4) is 0 Å². The van der Waals surface area contributed by atoms with Crippen LogP contribution in [0.1, 0.15) is 6.42 Å². The van der Waals surface area contributed by atoms with Crippen molar-refractivity contribution >= 4 is 18.0 Å². The minimum Gasteiger partial charge on any atom is -0.481 e. The average Bonchev–Trinajstić information content (AvgIpc) is 2.12. The minimum absolute atomic E-state index is 0.836. The van der Waals surface area contributed by atoms with Crippen molar-refractivity contribution < 1.29 is 33.4 Å². The van der Waals surface area contributed by atoms with E-state index in [0.29, 0.717) is 0 Å². The van der Waals surface area contributed by atoms with E-state index in [-0.39, 0.29) is 0 Å². The molecule has 92 valence electrons. The maximum atomic E-state index is 11.6. The summed E-state index contributed by atoms with van der Waals surface area (Å²) >= 11 is 0. The van der Waals surface area contributed by atoms with Crippen molar-refractivity contribution in [2.45, 2.75) is 18.9 Å². The first-order chi connectivity index (χ1) is 7.32. The van der Waals surface area contributed by atoms with Crippen LogP contribution in [0.3, 0.4) is 0 Å². The van der Waals surface area contributed by atoms with Crippen molar-refractivity contribution in [2.75, 3.05) is 6.54 Å². The highest BCUT2D eigenvalue weighted by Crippen LogP contribution is 1.93. The highest BCUT2D eigenvalue weighted by Gasteiger charge is 2.23. The van der Waals surface area contributed by atoms with E-state index in [9.17, 15) is 23.2 Å². The number of carbonyl (C=O) groups is 3. The Balaban J connectivity index is 4.13. The van der Waals surface area contributed by atoms with Crippen LogP contribution in [0.2, 0.25) is 0 Å². The number of carboxylic acid groups (broad SMARTS) is 2. The van der Waals surface area contributed by atoms with E-state index in [4.69, 9.17) is 10.2 Å². The highest BCUT2D eigenvalue weighted by atomic mass is 19.3. The van der Waals surface area contributed by atoms with Gasteiger partial charge in [0, 0.05) is 0 Å². The van der Waals surface area contributed by atoms with E-state index < -0.39 is 43.4 Å². The van der Waals surface area contributed by atoms with Crippen LogP contribution in [0.5, 0.6) is 0 Å². The van der Waals surface area contributed by atoms with Crippen molar-refractivity contribution in [3.05, 3.63) is 0 Å². The Morgan fingerprint density at radius 2 is 1.75 bits per heavy atom. The van der Waals surface area contributed by atoms with Crippen molar-refractivity contribution in [1.29, 1.82) is 0 Å². The number of hydrogen-bond donors (Lipinski definition) is 4. The molecule has 9 heteroatoms. The van der Waals surface area contributed by atoms with Gasteiger partial charge in [-0.15, -0.1) is 0 Å². The summed E-state index contributed by atoms with van der Waals surface area (Å²) in [4.78, 5) is 31.5. The van der Waals surface area contributed by atoms with Crippen molar-refractivity contribution in [2.24, 2.45) is 0 Å². The van der Waals surface area contributed by atoms with E-state index in [2.05, 4.69) is 0 Å². The summed E-state index contributed by atoms with van der Waals surface area (Å²) in [6.07, 6.45) is -3.61. The standard InChI is InChI=1S/C7H10F2N2O5/c8-4(9)2-10-7(16)11-3(6(14)15)1-5(12)13/h3-4H,1-2H2,(H,12,13)(H,14,15)(H2,10,11,16)/t3-/m1/s1. The molecule has 0 aromatic carbocycles. The zero-order valence-corrected chi connectivity index (χ0v) is 7.94. The zero-order valence-electron chi connectivity index (χ0n) is 7.94. The number of carbonyl (C=O) groups excluding carboxylic acids is 1. The second-order valence-electron chi connectivity index (χ2n) is 2.73. The quantitative estimate of drug-likeness (QED) is 0.498. The number of rotatable bonds is 6. The lowest BCUT2D eigenvalue weighted by Crippen LogP contribution is -2.47. The van der Waals surface area contributed by atoms with E-state index in [1.807, 2.05) is 0 Å². The molecular formula is C7H10F2N2O5. The summed E-state index contributed by atoms with van der Waals surface area (Å²) in [6.45, 7) is -0.939. The average molecular weight is 240 g/mol. The molecule has 0 aliphatic carbocycles. The Kier molecular flexibility index (Phi) is 5.75. The number of carboxylic acids is 2. The van der Waals surface area contributed by atoms with Crippen LogP contribution in [0, 0.1) is 0 Å². The molecule has 2 amide bonds. The van der Waals surface area contributed by atoms with Gasteiger partial charge in [0.1, 0.15) is 6.04 Å². The maximum Gasteiger partial charge on any atom is 0.326 e. The van der Waals surface area contributed by atoms with Gasteiger partial charge in [-0.1, -0.05) is 0 Å². The van der Waals surface area contributed by atoms with E-state index in [1.54, 1.807) is 10.6 Å². The van der Waals surface area contributed by atoms with Crippen LogP contribution >= 0.6 is 0 Å². The Hall–Kier alpha value is -1.93. The molecule has 7 nitrogen and oxygen atoms in total. The van der Waals surface area contributed by atoms with E-state index >= 15 is 0 Å². The second-order valence-corrected chi connectivity index (χ2v) is 2.73. The van der Waals surface area contributed by atoms with Gasteiger partial charge in [0.2, 0.25) is 0 Å². The van der Waals surface area contributed by atoms with Gasteiger partial charge in [0.05, 0.1) is 13.0 Å². The first kappa shape index (κ1) is 14.1. The molecule has 0 fully saturated rings. The summed E-state index contributed by atoms with van der Waals surface area (Å²) < 4.78 is 23.3. The third kappa shape index (κ3) is 6.51. The Bertz CT molecular complexity index is 284. The molecule has 0 aliphatic heterocycles. The lowest BCUT2D eigenvalue weighted by atomic mass is 10.2. The first-order valence-corrected chi connectivity index (χ1v) is 4.10. The number of alkyl halides is 2. The summed E-state index contributed by atoms with van der Waals surface area (Å²) in [5, 5.41) is 20.2. The van der Waals surface area contributed by atoms with Gasteiger partial charge in [-0.2, -0.15) is 0 Å². The fraction of sp³-hybridized carbons (Fsp3) is 0.571. The fourth-order valence-corrected chi connectivity index (χ4v) is 0.754. The number of amides is 2. The second kappa shape index (κ2) is 6.53. The molecule has 0 spiro atoms. The molecule has 0 aromatic heterocycles. The number of nitrogens with one attached hydrogen (secondary N) is 2. The van der Waals surface area contributed by atoms with Gasteiger partial charge < -0.3 is 20.8 Å². The van der Waals surface area contributed by atoms with Crippen LogP contribution in [-0.2, 0) is 9.59 Å². The molecule has 0 heterocycles. The largest absolute Gasteiger partial charge is 0.481 e. The molecule has 0 aromatic rings. The van der Waals surface area contributed by atoms with E-state index in [0.717, 1.165) is 0 Å². The topological polar surface area (TPSA) is 116 Å². The number of aliphatic carboxylic acids is 2. The molecule has 4 N–H and O–H groups in total. The van der Waals surface area contributed by atoms with Crippen LogP contribution in [0.15, 0.2) is 0 Å². The summed E-state index contributed by atoms with van der Waals surface area (Å²) in [5.74, 6) is -2.99. The van der Waals surface area contributed by atoms with E-state index in [1.165, 1.54) is 0 Å². The maximum absolute atomic E-state index is 11.6. The lowest BCUT2D eigenvalue weighted by molar-refractivity contribution is -0.145. The van der Waals surface area contributed by atoms with Gasteiger partial charge in [-0.05, 0) is 0 Å². The molecule has 0 saturated heterocycles. The van der Waals surface area contributed by atoms with Crippen LogP contribution in [0.4, 0.5) is 13.6 Å². The molecule has 0 unspecified atom stereocenters. The molecule has 0 rings (SSSR count). The van der Waals surface area contributed by atoms with Gasteiger partial charge in [-0.25, -0.2) is 18.4 Å². The summed E-state index contributed by atoms with van der Waals surface area (Å²) in [7, 11) is 0. The van der Waals surface area contributed by atoms with Gasteiger partial charge >= 0.3 is 18.0 Å². The van der Waals surface area contributed by atoms with Gasteiger partial charge in [-0.3, -0.25) is 4.79 Å². The molecule has 0 aliphatic rings. The fourth-order valence-electron chi connectivity index (χ4n) is 0.754. The summed E-state index contributed by atoms with van der Waals surface area (Å²) in [5.41, 5.74) is 0. The minimum atomic E-state index is -2.77. The molecule has 16 heavy (non-hydrogen) atoms. The predicted octanol–water partition coefficient (Wildman–Crippen LogP) is -0.521. The molecule has 0 bridgehead atoms. The van der Waals surface area contributed by atoms with Crippen LogP contribution in [-0.4, -0.2) is 47.2 Å². The number of halogens is 2. The Morgan fingerprint density at radius 1 is 1.19 bits per heavy atom. The van der Waals surface area contributed by atoms with Crippen molar-refractivity contribution in [3.63, 3.8) is 0 Å². The Labute approximate surface area is 88.4 Å². The molecule has 0 saturated carbocycles. The Morgan fingerprint density at radius 3 is 2.12 bits per heavy atom. The summed E-state index contributed by atoms with van der Waals surface area (Å²) in [6, 6.07) is -2.82.